The van der Waals surface area contributed by atoms with E-state index in [-0.39, 0.29) is 0 Å². The lowest BCUT2D eigenvalue weighted by Crippen LogP contribution is -2.17. The summed E-state index contributed by atoms with van der Waals surface area (Å²) in [5.74, 6) is -4.63. The number of Topliss-reactive ketones (excluding diaryl/α,β-unsaturated/α-hetero) is 1. The van der Waals surface area contributed by atoms with Gasteiger partial charge in [0.05, 0.1) is 12.1 Å². The van der Waals surface area contributed by atoms with Gasteiger partial charge in [-0.3, -0.25) is 4.79 Å². The van der Waals surface area contributed by atoms with Gasteiger partial charge in [-0.1, -0.05) is 6.07 Å². The van der Waals surface area contributed by atoms with Crippen LogP contribution in [0.2, 0.25) is 0 Å². The Balaban J connectivity index is 3.23. The van der Waals surface area contributed by atoms with Gasteiger partial charge in [0, 0.05) is 12.5 Å². The third-order valence-electron chi connectivity index (χ3n) is 1.96. The molecule has 0 atom stereocenters. The van der Waals surface area contributed by atoms with E-state index in [9.17, 15) is 18.0 Å². The molecule has 0 fully saturated rings. The number of ketones is 1. The lowest BCUT2D eigenvalue weighted by Gasteiger charge is -2.11. The van der Waals surface area contributed by atoms with Crippen molar-refractivity contribution in [1.82, 2.24) is 0 Å². The van der Waals surface area contributed by atoms with Crippen molar-refractivity contribution >= 4 is 5.78 Å². The van der Waals surface area contributed by atoms with Crippen LogP contribution in [0.5, 0.6) is 0 Å². The molecule has 1 aromatic carbocycles. The van der Waals surface area contributed by atoms with Gasteiger partial charge in [-0.2, -0.15) is 0 Å². The van der Waals surface area contributed by atoms with Crippen molar-refractivity contribution in [2.75, 3.05) is 6.54 Å². The highest BCUT2D eigenvalue weighted by Crippen LogP contribution is 2.28. The van der Waals surface area contributed by atoms with Crippen LogP contribution >= 0.6 is 0 Å². The van der Waals surface area contributed by atoms with Crippen LogP contribution in [0.4, 0.5) is 13.2 Å². The van der Waals surface area contributed by atoms with E-state index in [0.717, 1.165) is 18.2 Å². The van der Waals surface area contributed by atoms with Crippen LogP contribution in [-0.4, -0.2) is 12.3 Å². The molecule has 0 unspecified atom stereocenters. The molecule has 0 heterocycles. The fourth-order valence-electron chi connectivity index (χ4n) is 1.12. The van der Waals surface area contributed by atoms with E-state index in [1.807, 2.05) is 0 Å². The van der Waals surface area contributed by atoms with Gasteiger partial charge in [0.25, 0.3) is 5.92 Å². The summed E-state index contributed by atoms with van der Waals surface area (Å²) in [6, 6.07) is 2.63. The minimum atomic E-state index is -3.10. The molecule has 0 spiro atoms. The van der Waals surface area contributed by atoms with Crippen LogP contribution < -0.4 is 5.73 Å². The summed E-state index contributed by atoms with van der Waals surface area (Å²) < 4.78 is 38.8. The first-order chi connectivity index (χ1) is 6.86. The van der Waals surface area contributed by atoms with Gasteiger partial charge in [-0.25, -0.2) is 13.2 Å². The molecule has 82 valence electrons. The Morgan fingerprint density at radius 3 is 2.53 bits per heavy atom. The molecule has 2 N–H and O–H groups in total. The molecule has 2 nitrogen and oxygen atoms in total. The lowest BCUT2D eigenvalue weighted by atomic mass is 10.0. The van der Waals surface area contributed by atoms with Crippen LogP contribution in [0.15, 0.2) is 18.2 Å². The lowest BCUT2D eigenvalue weighted by molar-refractivity contribution is 0.0174. The summed E-state index contributed by atoms with van der Waals surface area (Å²) in [7, 11) is 0. The molecule has 0 radical (unpaired) electrons. The number of carbonyl (C=O) groups is 1. The van der Waals surface area contributed by atoms with Crippen LogP contribution in [0.3, 0.4) is 0 Å². The molecule has 0 saturated heterocycles. The third kappa shape index (κ3) is 2.56. The number of nitrogens with two attached hydrogens (primary N) is 1. The number of carbonyl (C=O) groups excluding carboxylic acids is 1. The molecule has 0 bridgehead atoms. The number of hydrogen-bond donors (Lipinski definition) is 1. The predicted molar refractivity (Wildman–Crippen MR) is 49.4 cm³/mol. The Labute approximate surface area is 84.9 Å². The maximum absolute atomic E-state index is 13.1. The second kappa shape index (κ2) is 4.02. The first kappa shape index (κ1) is 11.7. The highest BCUT2D eigenvalue weighted by Gasteiger charge is 2.26. The van der Waals surface area contributed by atoms with Crippen LogP contribution in [0.1, 0.15) is 22.8 Å². The number of alkyl halides is 2. The predicted octanol–water partition coefficient (Wildman–Crippen LogP) is 2.08. The zero-order valence-corrected chi connectivity index (χ0v) is 8.06. The maximum atomic E-state index is 13.1. The minimum Gasteiger partial charge on any atom is -0.324 e. The summed E-state index contributed by atoms with van der Waals surface area (Å²) in [4.78, 5) is 11.1. The molecule has 0 aliphatic rings. The number of hydrogen-bond acceptors (Lipinski definition) is 2. The number of halogens is 3. The monoisotopic (exact) mass is 217 g/mol. The van der Waals surface area contributed by atoms with E-state index in [1.54, 1.807) is 0 Å². The fraction of sp³-hybridized carbons (Fsp3) is 0.300. The van der Waals surface area contributed by atoms with Crippen molar-refractivity contribution in [3.05, 3.63) is 35.1 Å². The molecule has 1 rings (SSSR count). The normalized spacial score (nSPS) is 11.5. The average molecular weight is 217 g/mol. The van der Waals surface area contributed by atoms with Crippen LogP contribution in [0.25, 0.3) is 0 Å². The molecule has 0 aromatic heterocycles. The Morgan fingerprint density at radius 2 is 2.07 bits per heavy atom. The van der Waals surface area contributed by atoms with Crippen molar-refractivity contribution in [3.8, 4) is 0 Å². The highest BCUT2D eigenvalue weighted by atomic mass is 19.3. The quantitative estimate of drug-likeness (QED) is 0.787. The van der Waals surface area contributed by atoms with Crippen molar-refractivity contribution in [3.63, 3.8) is 0 Å². The second-order valence-corrected chi connectivity index (χ2v) is 3.21. The van der Waals surface area contributed by atoms with Crippen molar-refractivity contribution in [2.45, 2.75) is 12.8 Å². The molecule has 0 saturated carbocycles. The van der Waals surface area contributed by atoms with Gasteiger partial charge in [-0.05, 0) is 12.1 Å². The Bertz CT molecular complexity index is 385. The molecule has 1 aromatic rings. The Morgan fingerprint density at radius 1 is 1.47 bits per heavy atom. The van der Waals surface area contributed by atoms with Crippen LogP contribution in [-0.2, 0) is 5.92 Å². The summed E-state index contributed by atoms with van der Waals surface area (Å²) in [5, 5.41) is 0. The van der Waals surface area contributed by atoms with E-state index in [0.29, 0.717) is 6.92 Å². The summed E-state index contributed by atoms with van der Waals surface area (Å²) in [6.45, 7) is 0.270. The highest BCUT2D eigenvalue weighted by molar-refractivity contribution is 5.97. The molecular formula is C10H10F3NO. The smallest absolute Gasteiger partial charge is 0.270 e. The fourth-order valence-corrected chi connectivity index (χ4v) is 1.12. The SMILES string of the molecule is CC(F)(F)c1ccc(F)c(C(=O)CN)c1. The topological polar surface area (TPSA) is 43.1 Å². The first-order valence-corrected chi connectivity index (χ1v) is 4.27. The van der Waals surface area contributed by atoms with Gasteiger partial charge in [0.1, 0.15) is 5.82 Å². The maximum Gasteiger partial charge on any atom is 0.270 e. The van der Waals surface area contributed by atoms with E-state index in [1.165, 1.54) is 0 Å². The van der Waals surface area contributed by atoms with Gasteiger partial charge < -0.3 is 5.73 Å². The molecule has 15 heavy (non-hydrogen) atoms. The van der Waals surface area contributed by atoms with Gasteiger partial charge in [0.2, 0.25) is 0 Å². The van der Waals surface area contributed by atoms with E-state index in [2.05, 4.69) is 0 Å². The average Bonchev–Trinajstić information content (AvgIpc) is 2.15. The number of rotatable bonds is 3. The van der Waals surface area contributed by atoms with Crippen LogP contribution in [0, 0.1) is 5.82 Å². The third-order valence-corrected chi connectivity index (χ3v) is 1.96. The summed E-state index contributed by atoms with van der Waals surface area (Å²) in [5.41, 5.74) is 4.23. The van der Waals surface area contributed by atoms with Gasteiger partial charge >= 0.3 is 0 Å². The zero-order valence-electron chi connectivity index (χ0n) is 8.06. The van der Waals surface area contributed by atoms with Crippen molar-refractivity contribution < 1.29 is 18.0 Å². The zero-order chi connectivity index (χ0) is 11.6. The molecule has 0 aliphatic heterocycles. The standard InChI is InChI=1S/C10H10F3NO/c1-10(12,13)6-2-3-8(11)7(4-6)9(15)5-14/h2-4H,5,14H2,1H3. The van der Waals surface area contributed by atoms with E-state index < -0.39 is 35.2 Å². The van der Waals surface area contributed by atoms with Gasteiger partial charge in [-0.15, -0.1) is 0 Å². The largest absolute Gasteiger partial charge is 0.324 e. The molecule has 0 amide bonds. The minimum absolute atomic E-state index is 0.392. The molecular weight excluding hydrogens is 207 g/mol. The first-order valence-electron chi connectivity index (χ1n) is 4.27. The van der Waals surface area contributed by atoms with E-state index >= 15 is 0 Å². The summed E-state index contributed by atoms with van der Waals surface area (Å²) in [6.07, 6.45) is 0. The Kier molecular flexibility index (Phi) is 3.14. The Hall–Kier alpha value is -1.36. The molecule has 5 heteroatoms. The summed E-state index contributed by atoms with van der Waals surface area (Å²) >= 11 is 0. The van der Waals surface area contributed by atoms with E-state index in [4.69, 9.17) is 5.73 Å². The van der Waals surface area contributed by atoms with Crippen molar-refractivity contribution in [1.29, 1.82) is 0 Å². The van der Waals surface area contributed by atoms with Gasteiger partial charge in [0.15, 0.2) is 5.78 Å². The molecule has 0 aliphatic carbocycles. The second-order valence-electron chi connectivity index (χ2n) is 3.21. The van der Waals surface area contributed by atoms with Crippen molar-refractivity contribution in [2.24, 2.45) is 5.73 Å². The number of benzene rings is 1.